The molecule has 2 aromatic carbocycles. The lowest BCUT2D eigenvalue weighted by Gasteiger charge is -2.10. The van der Waals surface area contributed by atoms with Gasteiger partial charge in [0.25, 0.3) is 11.8 Å². The van der Waals surface area contributed by atoms with Crippen molar-refractivity contribution in [1.29, 1.82) is 0 Å². The molecule has 2 amide bonds. The fraction of sp³-hybridized carbons (Fsp3) is 0.158. The number of carbonyl (C=O) groups excluding carboxylic acids is 2. The van der Waals surface area contributed by atoms with Gasteiger partial charge in [0.1, 0.15) is 17.3 Å². The Morgan fingerprint density at radius 1 is 1.07 bits per heavy atom. The van der Waals surface area contributed by atoms with Crippen LogP contribution in [0, 0.1) is 5.82 Å². The molecule has 3 aromatic rings. The van der Waals surface area contributed by atoms with Crippen LogP contribution in [-0.4, -0.2) is 22.9 Å². The number of rotatable bonds is 4. The van der Waals surface area contributed by atoms with Crippen molar-refractivity contribution in [2.45, 2.75) is 20.0 Å². The number of hydrogen-bond acceptors (Lipinski definition) is 3. The molecule has 27 heavy (non-hydrogen) atoms. The Balaban J connectivity index is 1.66. The summed E-state index contributed by atoms with van der Waals surface area (Å²) in [5, 5.41) is 0.459. The van der Waals surface area contributed by atoms with Gasteiger partial charge in [0.2, 0.25) is 0 Å². The van der Waals surface area contributed by atoms with Crippen molar-refractivity contribution in [3.63, 3.8) is 0 Å². The molecule has 8 heteroatoms. The smallest absolute Gasteiger partial charge is 0.287 e. The summed E-state index contributed by atoms with van der Waals surface area (Å²) in [4.78, 5) is 27.2. The number of ether oxygens (including phenoxy) is 1. The highest BCUT2D eigenvalue weighted by Crippen LogP contribution is 2.27. The highest BCUT2D eigenvalue weighted by Gasteiger charge is 2.17. The maximum atomic E-state index is 13.3. The highest BCUT2D eigenvalue weighted by atomic mass is 35.5. The van der Waals surface area contributed by atoms with Crippen LogP contribution in [0.15, 0.2) is 42.5 Å². The van der Waals surface area contributed by atoms with Crippen molar-refractivity contribution in [2.24, 2.45) is 0 Å². The lowest BCUT2D eigenvalue weighted by atomic mass is 10.2. The molecule has 1 aromatic heterocycles. The SMILES string of the molecule is CC(C)Oc1ccc(C(=O)NNC(=O)c2[nH]c3ccc(F)cc3c2Cl)cc1. The lowest BCUT2D eigenvalue weighted by Crippen LogP contribution is -2.41. The molecule has 0 aliphatic heterocycles. The summed E-state index contributed by atoms with van der Waals surface area (Å²) < 4.78 is 18.8. The second-order valence-corrected chi connectivity index (χ2v) is 6.48. The molecule has 0 bridgehead atoms. The van der Waals surface area contributed by atoms with Gasteiger partial charge in [0, 0.05) is 16.5 Å². The average molecular weight is 390 g/mol. The van der Waals surface area contributed by atoms with Gasteiger partial charge in [-0.15, -0.1) is 0 Å². The zero-order chi connectivity index (χ0) is 19.6. The Kier molecular flexibility index (Phi) is 5.32. The average Bonchev–Trinajstić information content (AvgIpc) is 2.96. The maximum absolute atomic E-state index is 13.3. The highest BCUT2D eigenvalue weighted by molar-refractivity contribution is 6.38. The lowest BCUT2D eigenvalue weighted by molar-refractivity contribution is 0.0844. The zero-order valence-corrected chi connectivity index (χ0v) is 15.4. The molecule has 0 fully saturated rings. The molecule has 0 saturated carbocycles. The fourth-order valence-corrected chi connectivity index (χ4v) is 2.78. The van der Waals surface area contributed by atoms with E-state index in [1.807, 2.05) is 13.8 Å². The molecule has 3 rings (SSSR count). The number of H-pyrrole nitrogens is 1. The van der Waals surface area contributed by atoms with Gasteiger partial charge in [-0.3, -0.25) is 20.4 Å². The van der Waals surface area contributed by atoms with E-state index in [4.69, 9.17) is 16.3 Å². The normalized spacial score (nSPS) is 10.9. The van der Waals surface area contributed by atoms with E-state index in [1.54, 1.807) is 24.3 Å². The topological polar surface area (TPSA) is 83.2 Å². The molecule has 3 N–H and O–H groups in total. The number of hydrogen-bond donors (Lipinski definition) is 3. The molecule has 0 aliphatic rings. The van der Waals surface area contributed by atoms with Gasteiger partial charge < -0.3 is 9.72 Å². The van der Waals surface area contributed by atoms with E-state index in [1.165, 1.54) is 18.2 Å². The third-order valence-electron chi connectivity index (χ3n) is 3.70. The van der Waals surface area contributed by atoms with Crippen molar-refractivity contribution in [3.05, 3.63) is 64.6 Å². The predicted molar refractivity (Wildman–Crippen MR) is 100 cm³/mol. The number of amides is 2. The summed E-state index contributed by atoms with van der Waals surface area (Å²) in [6, 6.07) is 10.5. The van der Waals surface area contributed by atoms with Crippen LogP contribution in [0.3, 0.4) is 0 Å². The Morgan fingerprint density at radius 2 is 1.74 bits per heavy atom. The number of hydrazine groups is 1. The van der Waals surface area contributed by atoms with Gasteiger partial charge in [-0.05, 0) is 56.3 Å². The number of carbonyl (C=O) groups is 2. The number of benzene rings is 2. The van der Waals surface area contributed by atoms with Crippen molar-refractivity contribution in [3.8, 4) is 5.75 Å². The quantitative estimate of drug-likeness (QED) is 0.593. The van der Waals surface area contributed by atoms with Crippen LogP contribution in [0.4, 0.5) is 4.39 Å². The molecule has 6 nitrogen and oxygen atoms in total. The molecular weight excluding hydrogens is 373 g/mol. The number of aromatic nitrogens is 1. The van der Waals surface area contributed by atoms with E-state index >= 15 is 0 Å². The van der Waals surface area contributed by atoms with Crippen LogP contribution in [0.2, 0.25) is 5.02 Å². The minimum absolute atomic E-state index is 0.0262. The zero-order valence-electron chi connectivity index (χ0n) is 14.6. The van der Waals surface area contributed by atoms with E-state index in [-0.39, 0.29) is 16.8 Å². The molecular formula is C19H17ClFN3O3. The van der Waals surface area contributed by atoms with E-state index in [2.05, 4.69) is 15.8 Å². The Hall–Kier alpha value is -3.06. The van der Waals surface area contributed by atoms with E-state index in [0.29, 0.717) is 22.2 Å². The number of fused-ring (bicyclic) bond motifs is 1. The molecule has 0 aliphatic carbocycles. The largest absolute Gasteiger partial charge is 0.491 e. The fourth-order valence-electron chi connectivity index (χ4n) is 2.49. The first kappa shape index (κ1) is 18.7. The van der Waals surface area contributed by atoms with E-state index in [9.17, 15) is 14.0 Å². The van der Waals surface area contributed by atoms with Crippen molar-refractivity contribution in [2.75, 3.05) is 0 Å². The van der Waals surface area contributed by atoms with E-state index in [0.717, 1.165) is 0 Å². The molecule has 0 radical (unpaired) electrons. The standard InChI is InChI=1S/C19H17ClFN3O3/c1-10(2)27-13-6-3-11(4-7-13)18(25)23-24-19(26)17-16(20)14-9-12(21)5-8-15(14)22-17/h3-10,22H,1-2H3,(H,23,25)(H,24,26). The first-order valence-electron chi connectivity index (χ1n) is 8.19. The summed E-state index contributed by atoms with van der Waals surface area (Å²) in [5.41, 5.74) is 5.47. The van der Waals surface area contributed by atoms with Crippen LogP contribution in [0.25, 0.3) is 10.9 Å². The maximum Gasteiger partial charge on any atom is 0.287 e. The molecule has 1 heterocycles. The third kappa shape index (κ3) is 4.20. The molecule has 0 saturated heterocycles. The molecule has 0 atom stereocenters. The van der Waals surface area contributed by atoms with Gasteiger partial charge in [0.05, 0.1) is 11.1 Å². The van der Waals surface area contributed by atoms with E-state index < -0.39 is 17.6 Å². The van der Waals surface area contributed by atoms with Gasteiger partial charge >= 0.3 is 0 Å². The van der Waals surface area contributed by atoms with Crippen LogP contribution in [0.5, 0.6) is 5.75 Å². The van der Waals surface area contributed by atoms with Gasteiger partial charge in [0.15, 0.2) is 0 Å². The van der Waals surface area contributed by atoms with Gasteiger partial charge in [-0.25, -0.2) is 4.39 Å². The van der Waals surface area contributed by atoms with Crippen molar-refractivity contribution in [1.82, 2.24) is 15.8 Å². The van der Waals surface area contributed by atoms with Crippen molar-refractivity contribution < 1.29 is 18.7 Å². The predicted octanol–water partition coefficient (Wildman–Crippen LogP) is 3.82. The second kappa shape index (κ2) is 7.67. The summed E-state index contributed by atoms with van der Waals surface area (Å²) in [7, 11) is 0. The van der Waals surface area contributed by atoms with Gasteiger partial charge in [-0.1, -0.05) is 11.6 Å². The summed E-state index contributed by atoms with van der Waals surface area (Å²) in [5.74, 6) is -0.973. The van der Waals surface area contributed by atoms with Gasteiger partial charge in [-0.2, -0.15) is 0 Å². The number of halogens is 2. The summed E-state index contributed by atoms with van der Waals surface area (Å²) in [6.45, 7) is 3.80. The Labute approximate surface area is 159 Å². The van der Waals surface area contributed by atoms with Crippen molar-refractivity contribution >= 4 is 34.3 Å². The number of aromatic amines is 1. The molecule has 0 unspecified atom stereocenters. The Bertz CT molecular complexity index is 999. The first-order valence-corrected chi connectivity index (χ1v) is 8.57. The summed E-state index contributed by atoms with van der Waals surface area (Å²) >= 11 is 6.13. The first-order chi connectivity index (χ1) is 12.8. The minimum atomic E-state index is -0.648. The molecule has 0 spiro atoms. The monoisotopic (exact) mass is 389 g/mol. The minimum Gasteiger partial charge on any atom is -0.491 e. The second-order valence-electron chi connectivity index (χ2n) is 6.10. The summed E-state index contributed by atoms with van der Waals surface area (Å²) in [6.07, 6.45) is 0.0264. The van der Waals surface area contributed by atoms with Crippen LogP contribution >= 0.6 is 11.6 Å². The third-order valence-corrected chi connectivity index (χ3v) is 4.09. The molecule has 140 valence electrons. The Morgan fingerprint density at radius 3 is 2.41 bits per heavy atom. The van der Waals surface area contributed by atoms with Crippen LogP contribution < -0.4 is 15.6 Å². The van der Waals surface area contributed by atoms with Crippen LogP contribution in [-0.2, 0) is 0 Å². The number of nitrogens with one attached hydrogen (secondary N) is 3. The van der Waals surface area contributed by atoms with Crippen LogP contribution in [0.1, 0.15) is 34.7 Å².